The van der Waals surface area contributed by atoms with Crippen LogP contribution in [0.3, 0.4) is 0 Å². The minimum atomic E-state index is -0.320. The van der Waals surface area contributed by atoms with Crippen molar-refractivity contribution < 1.29 is 9.13 Å². The van der Waals surface area contributed by atoms with Crippen molar-refractivity contribution in [3.05, 3.63) is 58.9 Å². The number of rotatable bonds is 5. The summed E-state index contributed by atoms with van der Waals surface area (Å²) in [5.41, 5.74) is 0.943. The number of hydrogen-bond acceptors (Lipinski definition) is 2. The van der Waals surface area contributed by atoms with Crippen molar-refractivity contribution in [3.63, 3.8) is 0 Å². The first-order chi connectivity index (χ1) is 9.19. The lowest BCUT2D eigenvalue weighted by molar-refractivity contribution is 0.468. The molecule has 0 spiro atoms. The van der Waals surface area contributed by atoms with E-state index in [4.69, 9.17) is 16.3 Å². The highest BCUT2D eigenvalue weighted by Crippen LogP contribution is 2.28. The Balaban J connectivity index is 2.23. The molecule has 0 heterocycles. The zero-order chi connectivity index (χ0) is 13.7. The summed E-state index contributed by atoms with van der Waals surface area (Å²) in [4.78, 5) is 0. The fourth-order valence-corrected chi connectivity index (χ4v) is 1.90. The number of hydrogen-bond donors (Lipinski definition) is 1. The maximum Gasteiger partial charge on any atom is 0.132 e. The van der Waals surface area contributed by atoms with E-state index in [2.05, 4.69) is 5.32 Å². The summed E-state index contributed by atoms with van der Waals surface area (Å²) >= 11 is 5.98. The van der Waals surface area contributed by atoms with Crippen LogP contribution < -0.4 is 10.1 Å². The Morgan fingerprint density at radius 1 is 1.21 bits per heavy atom. The van der Waals surface area contributed by atoms with Crippen LogP contribution in [-0.4, -0.2) is 6.54 Å². The first-order valence-corrected chi connectivity index (χ1v) is 6.49. The maximum absolute atomic E-state index is 13.1. The third-order valence-corrected chi connectivity index (χ3v) is 2.85. The first kappa shape index (κ1) is 13.8. The number of benzene rings is 2. The van der Waals surface area contributed by atoms with E-state index in [1.165, 1.54) is 12.1 Å². The van der Waals surface area contributed by atoms with Crippen LogP contribution in [0.25, 0.3) is 0 Å². The third kappa shape index (κ3) is 3.94. The summed E-state index contributed by atoms with van der Waals surface area (Å²) < 4.78 is 18.8. The molecule has 0 aliphatic carbocycles. The second kappa shape index (κ2) is 6.55. The second-order valence-corrected chi connectivity index (χ2v) is 4.53. The Bertz CT molecular complexity index is 560. The molecule has 2 nitrogen and oxygen atoms in total. The van der Waals surface area contributed by atoms with Gasteiger partial charge in [0, 0.05) is 23.2 Å². The van der Waals surface area contributed by atoms with E-state index in [0.717, 1.165) is 12.1 Å². The topological polar surface area (TPSA) is 21.3 Å². The van der Waals surface area contributed by atoms with Crippen LogP contribution in [0.2, 0.25) is 5.02 Å². The summed E-state index contributed by atoms with van der Waals surface area (Å²) in [6.07, 6.45) is 0. The molecule has 0 saturated heterocycles. The molecule has 4 heteroatoms. The molecule has 0 aromatic heterocycles. The van der Waals surface area contributed by atoms with Crippen molar-refractivity contribution >= 4 is 11.6 Å². The van der Waals surface area contributed by atoms with E-state index in [1.54, 1.807) is 24.3 Å². The average Bonchev–Trinajstić information content (AvgIpc) is 2.39. The quantitative estimate of drug-likeness (QED) is 0.877. The predicted molar refractivity (Wildman–Crippen MR) is 75.3 cm³/mol. The molecule has 0 fully saturated rings. The van der Waals surface area contributed by atoms with Crippen LogP contribution >= 0.6 is 11.6 Å². The van der Waals surface area contributed by atoms with Crippen LogP contribution in [0.5, 0.6) is 11.5 Å². The first-order valence-electron chi connectivity index (χ1n) is 6.11. The highest BCUT2D eigenvalue weighted by Gasteiger charge is 2.06. The van der Waals surface area contributed by atoms with Crippen LogP contribution in [0.15, 0.2) is 42.5 Å². The average molecular weight is 280 g/mol. The van der Waals surface area contributed by atoms with Gasteiger partial charge in [-0.1, -0.05) is 24.6 Å². The molecule has 0 atom stereocenters. The van der Waals surface area contributed by atoms with Crippen molar-refractivity contribution in [2.75, 3.05) is 6.54 Å². The maximum atomic E-state index is 13.1. The molecule has 0 radical (unpaired) electrons. The lowest BCUT2D eigenvalue weighted by atomic mass is 10.2. The molecule has 0 saturated carbocycles. The Kier molecular flexibility index (Phi) is 4.77. The molecule has 2 aromatic carbocycles. The molecule has 0 aliphatic rings. The molecule has 0 amide bonds. The number of halogens is 2. The highest BCUT2D eigenvalue weighted by molar-refractivity contribution is 6.30. The van der Waals surface area contributed by atoms with Crippen LogP contribution in [0.1, 0.15) is 12.5 Å². The van der Waals surface area contributed by atoms with E-state index >= 15 is 0 Å². The van der Waals surface area contributed by atoms with Gasteiger partial charge in [0.25, 0.3) is 0 Å². The van der Waals surface area contributed by atoms with Crippen LogP contribution in [0.4, 0.5) is 4.39 Å². The zero-order valence-electron chi connectivity index (χ0n) is 10.6. The molecular formula is C15H15ClFNO. The van der Waals surface area contributed by atoms with Gasteiger partial charge in [0.15, 0.2) is 0 Å². The van der Waals surface area contributed by atoms with Gasteiger partial charge in [0.05, 0.1) is 0 Å². The van der Waals surface area contributed by atoms with E-state index in [0.29, 0.717) is 23.1 Å². The lowest BCUT2D eigenvalue weighted by Crippen LogP contribution is -2.12. The lowest BCUT2D eigenvalue weighted by Gasteiger charge is -2.12. The van der Waals surface area contributed by atoms with Gasteiger partial charge in [-0.15, -0.1) is 0 Å². The third-order valence-electron chi connectivity index (χ3n) is 2.61. The Morgan fingerprint density at radius 2 is 2.05 bits per heavy atom. The second-order valence-electron chi connectivity index (χ2n) is 4.09. The fourth-order valence-electron chi connectivity index (χ4n) is 1.70. The van der Waals surface area contributed by atoms with Gasteiger partial charge in [0.2, 0.25) is 0 Å². The molecule has 19 heavy (non-hydrogen) atoms. The summed E-state index contributed by atoms with van der Waals surface area (Å²) in [6.45, 7) is 3.53. The summed E-state index contributed by atoms with van der Waals surface area (Å²) in [7, 11) is 0. The summed E-state index contributed by atoms with van der Waals surface area (Å²) in [5.74, 6) is 0.829. The minimum absolute atomic E-state index is 0.320. The van der Waals surface area contributed by atoms with Gasteiger partial charge in [-0.25, -0.2) is 4.39 Å². The van der Waals surface area contributed by atoms with Crippen LogP contribution in [-0.2, 0) is 6.54 Å². The molecule has 2 rings (SSSR count). The summed E-state index contributed by atoms with van der Waals surface area (Å²) in [6, 6.07) is 11.5. The van der Waals surface area contributed by atoms with Crippen molar-refractivity contribution in [3.8, 4) is 11.5 Å². The summed E-state index contributed by atoms with van der Waals surface area (Å²) in [5, 5.41) is 3.87. The monoisotopic (exact) mass is 279 g/mol. The van der Waals surface area contributed by atoms with Gasteiger partial charge >= 0.3 is 0 Å². The normalized spacial score (nSPS) is 10.5. The minimum Gasteiger partial charge on any atom is -0.457 e. The molecule has 0 aliphatic heterocycles. The van der Waals surface area contributed by atoms with Gasteiger partial charge < -0.3 is 10.1 Å². The smallest absolute Gasteiger partial charge is 0.132 e. The molecule has 100 valence electrons. The Labute approximate surface area is 117 Å². The van der Waals surface area contributed by atoms with E-state index < -0.39 is 0 Å². The Morgan fingerprint density at radius 3 is 2.79 bits per heavy atom. The van der Waals surface area contributed by atoms with Crippen LogP contribution in [0, 0.1) is 5.82 Å². The number of nitrogens with one attached hydrogen (secondary N) is 1. The molecule has 1 N–H and O–H groups in total. The van der Waals surface area contributed by atoms with Crippen molar-refractivity contribution in [1.82, 2.24) is 5.32 Å². The molecule has 0 unspecified atom stereocenters. The van der Waals surface area contributed by atoms with Crippen molar-refractivity contribution in [2.45, 2.75) is 13.5 Å². The predicted octanol–water partition coefficient (Wildman–Crippen LogP) is 4.38. The molecule has 0 bridgehead atoms. The highest BCUT2D eigenvalue weighted by atomic mass is 35.5. The van der Waals surface area contributed by atoms with E-state index in [-0.39, 0.29) is 5.82 Å². The number of ether oxygens (including phenoxy) is 1. The van der Waals surface area contributed by atoms with Crippen molar-refractivity contribution in [2.24, 2.45) is 0 Å². The fraction of sp³-hybridized carbons (Fsp3) is 0.200. The SMILES string of the molecule is CCNCc1cc(Cl)ccc1Oc1cccc(F)c1. The largest absolute Gasteiger partial charge is 0.457 e. The Hall–Kier alpha value is -1.58. The van der Waals surface area contributed by atoms with Gasteiger partial charge in [-0.05, 0) is 36.9 Å². The van der Waals surface area contributed by atoms with Crippen molar-refractivity contribution in [1.29, 1.82) is 0 Å². The van der Waals surface area contributed by atoms with Gasteiger partial charge in [-0.2, -0.15) is 0 Å². The van der Waals surface area contributed by atoms with Gasteiger partial charge in [0.1, 0.15) is 17.3 Å². The zero-order valence-corrected chi connectivity index (χ0v) is 11.4. The van der Waals surface area contributed by atoms with E-state index in [9.17, 15) is 4.39 Å². The molecular weight excluding hydrogens is 265 g/mol. The van der Waals surface area contributed by atoms with Gasteiger partial charge in [-0.3, -0.25) is 0 Å². The standard InChI is InChI=1S/C15H15ClFNO/c1-2-18-10-11-8-12(16)6-7-15(11)19-14-5-3-4-13(17)9-14/h3-9,18H,2,10H2,1H3. The van der Waals surface area contributed by atoms with E-state index in [1.807, 2.05) is 13.0 Å². The molecule has 2 aromatic rings.